The maximum atomic E-state index is 12.1. The molecule has 2 N–H and O–H groups in total. The fourth-order valence-corrected chi connectivity index (χ4v) is 2.57. The number of rotatable bonds is 5. The summed E-state index contributed by atoms with van der Waals surface area (Å²) in [6.45, 7) is 3.63. The minimum Gasteiger partial charge on any atom is -0.486 e. The van der Waals surface area contributed by atoms with E-state index in [0.717, 1.165) is 0 Å². The Morgan fingerprint density at radius 2 is 1.93 bits per heavy atom. The van der Waals surface area contributed by atoms with Gasteiger partial charge in [0.25, 0.3) is 5.91 Å². The topological polar surface area (TPSA) is 129 Å². The van der Waals surface area contributed by atoms with Crippen molar-refractivity contribution >= 4 is 23.6 Å². The quantitative estimate of drug-likeness (QED) is 0.741. The smallest absolute Gasteiger partial charge is 0.344 e. The van der Waals surface area contributed by atoms with Crippen LogP contribution < -0.4 is 20.1 Å². The molecule has 10 nitrogen and oxygen atoms in total. The van der Waals surface area contributed by atoms with Crippen molar-refractivity contribution in [2.75, 3.05) is 25.1 Å². The van der Waals surface area contributed by atoms with Gasteiger partial charge in [-0.05, 0) is 25.5 Å². The molecule has 0 aliphatic carbocycles. The highest BCUT2D eigenvalue weighted by molar-refractivity contribution is 6.02. The number of aryl methyl sites for hydroxylation is 2. The van der Waals surface area contributed by atoms with Crippen LogP contribution in [0.5, 0.6) is 11.5 Å². The number of carbonyl (C=O) groups is 3. The number of carbonyl (C=O) groups excluding carboxylic acids is 3. The Labute approximate surface area is 160 Å². The second kappa shape index (κ2) is 8.42. The molecule has 1 aromatic heterocycles. The van der Waals surface area contributed by atoms with Gasteiger partial charge in [0.15, 0.2) is 18.1 Å². The van der Waals surface area contributed by atoms with Crippen molar-refractivity contribution < 1.29 is 33.1 Å². The highest BCUT2D eigenvalue weighted by atomic mass is 16.6. The van der Waals surface area contributed by atoms with Crippen LogP contribution in [-0.2, 0) is 16.0 Å². The van der Waals surface area contributed by atoms with Crippen LogP contribution in [0, 0.1) is 6.92 Å². The van der Waals surface area contributed by atoms with Gasteiger partial charge in [0, 0.05) is 11.8 Å². The van der Waals surface area contributed by atoms with Crippen molar-refractivity contribution in [2.24, 2.45) is 0 Å². The van der Waals surface area contributed by atoms with E-state index in [-0.39, 0.29) is 5.56 Å². The van der Waals surface area contributed by atoms with Crippen LogP contribution in [0.2, 0.25) is 0 Å². The summed E-state index contributed by atoms with van der Waals surface area (Å²) in [4.78, 5) is 35.9. The largest absolute Gasteiger partial charge is 0.486 e. The summed E-state index contributed by atoms with van der Waals surface area (Å²) in [5.41, 5.74) is 1.05. The molecule has 0 bridgehead atoms. The number of anilines is 1. The number of aromatic nitrogens is 1. The SMILES string of the molecule is CCc1noc(C)c1C(=O)OCC(=O)NC(=O)Nc1ccc2c(c1)OCCO2. The maximum Gasteiger partial charge on any atom is 0.344 e. The Balaban J connectivity index is 1.50. The third kappa shape index (κ3) is 4.40. The minimum atomic E-state index is -0.782. The summed E-state index contributed by atoms with van der Waals surface area (Å²) >= 11 is 0. The third-order valence-corrected chi connectivity index (χ3v) is 3.86. The average Bonchev–Trinajstić information content (AvgIpc) is 3.06. The number of amides is 3. The standard InChI is InChI=1S/C18H19N3O7/c1-3-12-16(10(2)28-21-12)17(23)27-9-15(22)20-18(24)19-11-4-5-13-14(8-11)26-7-6-25-13/h4-5,8H,3,6-7,9H2,1-2H3,(H2,19,20,22,24). The lowest BCUT2D eigenvalue weighted by molar-refractivity contribution is -0.123. The van der Waals surface area contributed by atoms with Crippen molar-refractivity contribution in [1.82, 2.24) is 10.5 Å². The van der Waals surface area contributed by atoms with Gasteiger partial charge >= 0.3 is 12.0 Å². The Morgan fingerprint density at radius 3 is 2.68 bits per heavy atom. The molecule has 1 aliphatic rings. The molecule has 0 atom stereocenters. The fraction of sp³-hybridized carbons (Fsp3) is 0.333. The van der Waals surface area contributed by atoms with Crippen LogP contribution in [0.4, 0.5) is 10.5 Å². The van der Waals surface area contributed by atoms with Crippen LogP contribution in [0.3, 0.4) is 0 Å². The minimum absolute atomic E-state index is 0.191. The number of urea groups is 1. The lowest BCUT2D eigenvalue weighted by Gasteiger charge is -2.19. The molecule has 2 aromatic rings. The van der Waals surface area contributed by atoms with E-state index < -0.39 is 24.5 Å². The van der Waals surface area contributed by atoms with Gasteiger partial charge in [0.2, 0.25) is 0 Å². The number of nitrogens with one attached hydrogen (secondary N) is 2. The average molecular weight is 389 g/mol. The Hall–Kier alpha value is -3.56. The van der Waals surface area contributed by atoms with Gasteiger partial charge in [0.1, 0.15) is 24.5 Å². The van der Waals surface area contributed by atoms with Gasteiger partial charge in [-0.15, -0.1) is 0 Å². The molecule has 0 saturated carbocycles. The van der Waals surface area contributed by atoms with E-state index in [2.05, 4.69) is 15.8 Å². The van der Waals surface area contributed by atoms with Gasteiger partial charge in [-0.1, -0.05) is 12.1 Å². The lowest BCUT2D eigenvalue weighted by atomic mass is 10.1. The molecule has 148 valence electrons. The highest BCUT2D eigenvalue weighted by Crippen LogP contribution is 2.32. The molecule has 1 aromatic carbocycles. The van der Waals surface area contributed by atoms with Gasteiger partial charge in [-0.3, -0.25) is 10.1 Å². The van der Waals surface area contributed by atoms with Crippen molar-refractivity contribution in [1.29, 1.82) is 0 Å². The summed E-state index contributed by atoms with van der Waals surface area (Å²) in [5, 5.41) is 8.32. The van der Waals surface area contributed by atoms with Gasteiger partial charge < -0.3 is 24.1 Å². The highest BCUT2D eigenvalue weighted by Gasteiger charge is 2.22. The first-order chi connectivity index (χ1) is 13.5. The Morgan fingerprint density at radius 1 is 1.18 bits per heavy atom. The predicted octanol–water partition coefficient (Wildman–Crippen LogP) is 1.82. The van der Waals surface area contributed by atoms with Crippen LogP contribution >= 0.6 is 0 Å². The Bertz CT molecular complexity index is 907. The summed E-state index contributed by atoms with van der Waals surface area (Å²) in [6.07, 6.45) is 0.478. The number of ether oxygens (including phenoxy) is 3. The second-order valence-corrected chi connectivity index (χ2v) is 5.85. The van der Waals surface area contributed by atoms with Crippen molar-refractivity contribution in [3.05, 3.63) is 35.2 Å². The number of benzene rings is 1. The van der Waals surface area contributed by atoms with E-state index >= 15 is 0 Å². The maximum absolute atomic E-state index is 12.1. The summed E-state index contributed by atoms with van der Waals surface area (Å²) in [7, 11) is 0. The molecule has 3 amide bonds. The van der Waals surface area contributed by atoms with Crippen LogP contribution in [-0.4, -0.2) is 42.9 Å². The predicted molar refractivity (Wildman–Crippen MR) is 95.5 cm³/mol. The second-order valence-electron chi connectivity index (χ2n) is 5.85. The first kappa shape index (κ1) is 19.2. The summed E-state index contributed by atoms with van der Waals surface area (Å²) < 4.78 is 20.7. The molecular formula is C18H19N3O7. The molecule has 0 fully saturated rings. The number of imide groups is 1. The molecule has 28 heavy (non-hydrogen) atoms. The molecular weight excluding hydrogens is 370 g/mol. The zero-order valence-electron chi connectivity index (χ0n) is 15.4. The van der Waals surface area contributed by atoms with Gasteiger partial charge in [-0.25, -0.2) is 9.59 Å². The summed E-state index contributed by atoms with van der Waals surface area (Å²) in [6, 6.07) is 4.08. The van der Waals surface area contributed by atoms with Crippen molar-refractivity contribution in [3.8, 4) is 11.5 Å². The van der Waals surface area contributed by atoms with E-state index in [1.165, 1.54) is 0 Å². The van der Waals surface area contributed by atoms with E-state index in [1.807, 2.05) is 6.92 Å². The zero-order valence-corrected chi connectivity index (χ0v) is 15.4. The molecule has 0 radical (unpaired) electrons. The fourth-order valence-electron chi connectivity index (χ4n) is 2.57. The number of hydrogen-bond donors (Lipinski definition) is 2. The van der Waals surface area contributed by atoms with Gasteiger partial charge in [0.05, 0.1) is 5.69 Å². The first-order valence-electron chi connectivity index (χ1n) is 8.60. The number of nitrogens with zero attached hydrogens (tertiary/aromatic N) is 1. The van der Waals surface area contributed by atoms with Crippen LogP contribution in [0.25, 0.3) is 0 Å². The van der Waals surface area contributed by atoms with Crippen molar-refractivity contribution in [2.45, 2.75) is 20.3 Å². The molecule has 0 spiro atoms. The molecule has 10 heteroatoms. The molecule has 0 unspecified atom stereocenters. The van der Waals surface area contributed by atoms with Crippen LogP contribution in [0.1, 0.15) is 28.7 Å². The zero-order chi connectivity index (χ0) is 20.1. The number of hydrogen-bond acceptors (Lipinski definition) is 8. The van der Waals surface area contributed by atoms with Crippen LogP contribution in [0.15, 0.2) is 22.7 Å². The first-order valence-corrected chi connectivity index (χ1v) is 8.60. The normalized spacial score (nSPS) is 12.2. The number of fused-ring (bicyclic) bond motifs is 1. The summed E-state index contributed by atoms with van der Waals surface area (Å²) in [5.74, 6) is -0.136. The third-order valence-electron chi connectivity index (χ3n) is 3.86. The molecule has 0 saturated heterocycles. The van der Waals surface area contributed by atoms with Crippen molar-refractivity contribution in [3.63, 3.8) is 0 Å². The molecule has 2 heterocycles. The Kier molecular flexibility index (Phi) is 5.78. The van der Waals surface area contributed by atoms with E-state index in [1.54, 1.807) is 25.1 Å². The van der Waals surface area contributed by atoms with E-state index in [0.29, 0.717) is 48.3 Å². The molecule has 1 aliphatic heterocycles. The monoisotopic (exact) mass is 389 g/mol. The number of esters is 1. The van der Waals surface area contributed by atoms with E-state index in [4.69, 9.17) is 18.7 Å². The van der Waals surface area contributed by atoms with Gasteiger partial charge in [-0.2, -0.15) is 0 Å². The lowest BCUT2D eigenvalue weighted by Crippen LogP contribution is -2.37. The van der Waals surface area contributed by atoms with E-state index in [9.17, 15) is 14.4 Å². The molecule has 3 rings (SSSR count).